The van der Waals surface area contributed by atoms with Crippen molar-refractivity contribution in [3.8, 4) is 0 Å². The maximum atomic E-state index is 5.37. The highest BCUT2D eigenvalue weighted by Gasteiger charge is 1.80. The zero-order valence-electron chi connectivity index (χ0n) is 4.46. The molecule has 0 saturated carbocycles. The Hall–Kier alpha value is -1.18. The first kappa shape index (κ1) is 4.97. The lowest BCUT2D eigenvalue weighted by Gasteiger charge is -1.90. The Labute approximate surface area is 48.1 Å². The predicted octanol–water partition coefficient (Wildman–Crippen LogP) is 0.851. The minimum absolute atomic E-state index is 0.749. The van der Waals surface area contributed by atoms with Crippen LogP contribution in [0.4, 0.5) is 11.4 Å². The summed E-state index contributed by atoms with van der Waals surface area (Å²) in [6.45, 7) is 0. The standard InChI is InChI=1S/C6H8N2/c7-5-1-2-6(8)4-3-5/h1-4H,7-8H2/i1+1,2+1,3+1,4+1,5+1,6+1. The van der Waals surface area contributed by atoms with E-state index in [-0.39, 0.29) is 0 Å². The molecule has 2 nitrogen and oxygen atoms in total. The van der Waals surface area contributed by atoms with Gasteiger partial charge in [0.15, 0.2) is 0 Å². The third-order valence-electron chi connectivity index (χ3n) is 0.936. The van der Waals surface area contributed by atoms with Gasteiger partial charge in [0.05, 0.1) is 0 Å². The van der Waals surface area contributed by atoms with Crippen LogP contribution in [0.25, 0.3) is 0 Å². The average molecular weight is 114 g/mol. The van der Waals surface area contributed by atoms with Crippen molar-refractivity contribution < 1.29 is 0 Å². The van der Waals surface area contributed by atoms with Crippen LogP contribution in [0.5, 0.6) is 0 Å². The summed E-state index contributed by atoms with van der Waals surface area (Å²) in [5.41, 5.74) is 12.2. The van der Waals surface area contributed by atoms with Gasteiger partial charge in [-0.2, -0.15) is 0 Å². The SMILES string of the molecule is N[13c]1[13cH][13cH][13c](N)[13cH][13cH]1. The number of hydrogen-bond acceptors (Lipinski definition) is 2. The summed E-state index contributed by atoms with van der Waals surface area (Å²) in [6.07, 6.45) is 0. The van der Waals surface area contributed by atoms with Crippen LogP contribution in [0.3, 0.4) is 0 Å². The van der Waals surface area contributed by atoms with Gasteiger partial charge >= 0.3 is 0 Å². The Kier molecular flexibility index (Phi) is 1.08. The van der Waals surface area contributed by atoms with E-state index in [4.69, 9.17) is 11.5 Å². The molecular formula is C6H8N2. The smallest absolute Gasteiger partial charge is 0.0315 e. The third-order valence-corrected chi connectivity index (χ3v) is 0.936. The molecule has 42 valence electrons. The Morgan fingerprint density at radius 2 is 1.00 bits per heavy atom. The van der Waals surface area contributed by atoms with Crippen molar-refractivity contribution in [1.29, 1.82) is 0 Å². The van der Waals surface area contributed by atoms with E-state index < -0.39 is 0 Å². The fourth-order valence-electron chi connectivity index (χ4n) is 0.496. The summed E-state index contributed by atoms with van der Waals surface area (Å²) in [4.78, 5) is 0. The molecule has 0 unspecified atom stereocenters. The largest absolute Gasteiger partial charge is 0.399 e. The number of anilines is 2. The van der Waals surface area contributed by atoms with Crippen LogP contribution in [0.15, 0.2) is 24.3 Å². The quantitative estimate of drug-likeness (QED) is 0.491. The fourth-order valence-corrected chi connectivity index (χ4v) is 0.496. The molecule has 0 radical (unpaired) electrons. The zero-order valence-corrected chi connectivity index (χ0v) is 4.46. The van der Waals surface area contributed by atoms with Crippen molar-refractivity contribution in [2.45, 2.75) is 0 Å². The van der Waals surface area contributed by atoms with E-state index >= 15 is 0 Å². The summed E-state index contributed by atoms with van der Waals surface area (Å²) < 4.78 is 0. The van der Waals surface area contributed by atoms with Crippen molar-refractivity contribution >= 4 is 11.4 Å². The highest BCUT2D eigenvalue weighted by molar-refractivity contribution is 5.47. The Bertz CT molecular complexity index is 145. The predicted molar refractivity (Wildman–Crippen MR) is 35.3 cm³/mol. The molecule has 0 fully saturated rings. The van der Waals surface area contributed by atoms with Gasteiger partial charge in [0, 0.05) is 11.4 Å². The number of rotatable bonds is 0. The van der Waals surface area contributed by atoms with Gasteiger partial charge in [0.25, 0.3) is 0 Å². The van der Waals surface area contributed by atoms with E-state index in [2.05, 4.69) is 0 Å². The molecule has 1 aromatic rings. The van der Waals surface area contributed by atoms with E-state index in [1.54, 1.807) is 24.3 Å². The Morgan fingerprint density at radius 3 is 1.25 bits per heavy atom. The molecule has 0 aliphatic rings. The Morgan fingerprint density at radius 1 is 0.750 bits per heavy atom. The first-order valence-electron chi connectivity index (χ1n) is 2.40. The van der Waals surface area contributed by atoms with Crippen LogP contribution in [0.1, 0.15) is 0 Å². The van der Waals surface area contributed by atoms with E-state index in [1.807, 2.05) is 0 Å². The van der Waals surface area contributed by atoms with Crippen LogP contribution >= 0.6 is 0 Å². The third kappa shape index (κ3) is 0.904. The molecule has 0 aliphatic heterocycles. The van der Waals surface area contributed by atoms with Gasteiger partial charge in [-0.15, -0.1) is 0 Å². The van der Waals surface area contributed by atoms with Gasteiger partial charge in [-0.05, 0) is 24.3 Å². The summed E-state index contributed by atoms with van der Waals surface area (Å²) >= 11 is 0. The van der Waals surface area contributed by atoms with Crippen LogP contribution in [-0.4, -0.2) is 0 Å². The zero-order chi connectivity index (χ0) is 5.98. The second kappa shape index (κ2) is 1.74. The molecule has 0 spiro atoms. The molecule has 2 heteroatoms. The molecule has 0 aromatic heterocycles. The second-order valence-corrected chi connectivity index (χ2v) is 1.67. The molecule has 0 bridgehead atoms. The highest BCUT2D eigenvalue weighted by Crippen LogP contribution is 2.04. The van der Waals surface area contributed by atoms with Crippen molar-refractivity contribution in [3.63, 3.8) is 0 Å². The van der Waals surface area contributed by atoms with Crippen molar-refractivity contribution in [3.05, 3.63) is 24.3 Å². The lowest BCUT2D eigenvalue weighted by atomic mass is 11.2. The first-order chi connectivity index (χ1) is 3.79. The average Bonchev–Trinajstić information content (AvgIpc) is 1.77. The fraction of sp³-hybridized carbons (Fsp3) is 0. The minimum Gasteiger partial charge on any atom is -0.399 e. The molecule has 1 aromatic carbocycles. The lowest BCUT2D eigenvalue weighted by molar-refractivity contribution is 1.67. The van der Waals surface area contributed by atoms with Gasteiger partial charge in [0.2, 0.25) is 0 Å². The molecule has 0 aliphatic carbocycles. The normalized spacial score (nSPS) is 9.00. The van der Waals surface area contributed by atoms with E-state index in [9.17, 15) is 0 Å². The lowest BCUT2D eigenvalue weighted by Crippen LogP contribution is -1.86. The van der Waals surface area contributed by atoms with Gasteiger partial charge in [-0.3, -0.25) is 0 Å². The van der Waals surface area contributed by atoms with Crippen LogP contribution in [0, 0.1) is 0 Å². The van der Waals surface area contributed by atoms with E-state index in [0.717, 1.165) is 11.4 Å². The molecular weight excluding hydrogens is 106 g/mol. The summed E-state index contributed by atoms with van der Waals surface area (Å²) in [5, 5.41) is 0. The van der Waals surface area contributed by atoms with Crippen molar-refractivity contribution in [2.75, 3.05) is 11.5 Å². The molecule has 1 rings (SSSR count). The van der Waals surface area contributed by atoms with E-state index in [0.29, 0.717) is 0 Å². The summed E-state index contributed by atoms with van der Waals surface area (Å²) in [6, 6.07) is 7.09. The van der Waals surface area contributed by atoms with Gasteiger partial charge < -0.3 is 11.5 Å². The number of benzene rings is 1. The van der Waals surface area contributed by atoms with Crippen molar-refractivity contribution in [1.82, 2.24) is 0 Å². The molecule has 0 atom stereocenters. The first-order valence-corrected chi connectivity index (χ1v) is 2.40. The highest BCUT2D eigenvalue weighted by atomic mass is 15.1. The van der Waals surface area contributed by atoms with Crippen molar-refractivity contribution in [2.24, 2.45) is 0 Å². The van der Waals surface area contributed by atoms with Gasteiger partial charge in [0.1, 0.15) is 0 Å². The summed E-state index contributed by atoms with van der Waals surface area (Å²) in [5.74, 6) is 0. The molecule has 8 heavy (non-hydrogen) atoms. The molecule has 0 amide bonds. The second-order valence-electron chi connectivity index (χ2n) is 1.67. The molecule has 0 heterocycles. The monoisotopic (exact) mass is 114 g/mol. The molecule has 0 saturated heterocycles. The summed E-state index contributed by atoms with van der Waals surface area (Å²) in [7, 11) is 0. The topological polar surface area (TPSA) is 52.0 Å². The van der Waals surface area contributed by atoms with Crippen LogP contribution < -0.4 is 11.5 Å². The number of hydrogen-bond donors (Lipinski definition) is 2. The maximum absolute atomic E-state index is 5.37. The Balaban J connectivity index is 3.03. The maximum Gasteiger partial charge on any atom is 0.0315 e. The van der Waals surface area contributed by atoms with Gasteiger partial charge in [-0.25, -0.2) is 0 Å². The van der Waals surface area contributed by atoms with Crippen LogP contribution in [0.2, 0.25) is 0 Å². The number of nitrogen functional groups attached to an aromatic ring is 2. The van der Waals surface area contributed by atoms with E-state index in [1.165, 1.54) is 0 Å². The molecule has 4 N–H and O–H groups in total. The minimum atomic E-state index is 0.749. The van der Waals surface area contributed by atoms with Gasteiger partial charge in [-0.1, -0.05) is 0 Å². The number of nitrogens with two attached hydrogens (primary N) is 2. The van der Waals surface area contributed by atoms with Crippen LogP contribution in [-0.2, 0) is 0 Å².